The van der Waals surface area contributed by atoms with E-state index < -0.39 is 22.0 Å². The summed E-state index contributed by atoms with van der Waals surface area (Å²) in [5.74, 6) is 0.686. The van der Waals surface area contributed by atoms with Gasteiger partial charge in [0, 0.05) is 35.4 Å². The van der Waals surface area contributed by atoms with Crippen molar-refractivity contribution in [2.75, 3.05) is 23.1 Å². The molecular formula is C12H22N4O3S. The Morgan fingerprint density at radius 2 is 2.10 bits per heavy atom. The summed E-state index contributed by atoms with van der Waals surface area (Å²) >= 11 is 0. The monoisotopic (exact) mass is 302 g/mol. The number of hydrogen-bond acceptors (Lipinski definition) is 5. The molecule has 0 aliphatic carbocycles. The number of nitrogens with one attached hydrogen (secondary N) is 2. The van der Waals surface area contributed by atoms with Gasteiger partial charge in [0.15, 0.2) is 0 Å². The first-order valence-electron chi connectivity index (χ1n) is 6.56. The van der Waals surface area contributed by atoms with Crippen molar-refractivity contribution in [2.24, 2.45) is 0 Å². The smallest absolute Gasteiger partial charge is 0.330 e. The number of aromatic nitrogens is 2. The molecule has 4 N–H and O–H groups in total. The molecule has 1 aromatic rings. The van der Waals surface area contributed by atoms with Crippen molar-refractivity contribution >= 4 is 22.3 Å². The molecular weight excluding hydrogens is 280 g/mol. The molecule has 0 saturated carbocycles. The van der Waals surface area contributed by atoms with Crippen LogP contribution in [0.4, 0.5) is 11.5 Å². The fourth-order valence-electron chi connectivity index (χ4n) is 1.83. The van der Waals surface area contributed by atoms with Crippen LogP contribution in [-0.4, -0.2) is 31.8 Å². The highest BCUT2D eigenvalue weighted by molar-refractivity contribution is 7.84. The quantitative estimate of drug-likeness (QED) is 0.661. The molecule has 114 valence electrons. The molecule has 1 rings (SSSR count). The van der Waals surface area contributed by atoms with Gasteiger partial charge in [-0.25, -0.2) is 4.79 Å². The van der Waals surface area contributed by atoms with E-state index in [0.717, 1.165) is 6.42 Å². The molecule has 8 heteroatoms. The number of H-pyrrole nitrogens is 1. The Hall–Kier alpha value is -1.57. The van der Waals surface area contributed by atoms with Gasteiger partial charge < -0.3 is 11.1 Å². The lowest BCUT2D eigenvalue weighted by Gasteiger charge is -2.17. The first-order chi connectivity index (χ1) is 9.36. The molecule has 0 aromatic carbocycles. The van der Waals surface area contributed by atoms with Crippen LogP contribution in [0.3, 0.4) is 0 Å². The van der Waals surface area contributed by atoms with Gasteiger partial charge in [-0.15, -0.1) is 0 Å². The molecule has 7 nitrogen and oxygen atoms in total. The van der Waals surface area contributed by atoms with Gasteiger partial charge in [-0.3, -0.25) is 18.6 Å². The average Bonchev–Trinajstić information content (AvgIpc) is 2.37. The van der Waals surface area contributed by atoms with Crippen LogP contribution >= 0.6 is 0 Å². The third-order valence-electron chi connectivity index (χ3n) is 2.92. The SMILES string of the molecule is CCCn1c(N)c(NC(C)CCS(C)=O)c(=O)[nH]c1=O. The Morgan fingerprint density at radius 1 is 1.45 bits per heavy atom. The van der Waals surface area contributed by atoms with Gasteiger partial charge in [0.25, 0.3) is 5.56 Å². The van der Waals surface area contributed by atoms with Crippen molar-refractivity contribution in [1.82, 2.24) is 9.55 Å². The fraction of sp³-hybridized carbons (Fsp3) is 0.667. The minimum absolute atomic E-state index is 0.0603. The van der Waals surface area contributed by atoms with Crippen LogP contribution in [-0.2, 0) is 17.3 Å². The number of anilines is 2. The molecule has 2 atom stereocenters. The van der Waals surface area contributed by atoms with Crippen molar-refractivity contribution in [3.8, 4) is 0 Å². The molecule has 0 aliphatic heterocycles. The van der Waals surface area contributed by atoms with Crippen LogP contribution in [0.25, 0.3) is 0 Å². The predicted molar refractivity (Wildman–Crippen MR) is 82.7 cm³/mol. The van der Waals surface area contributed by atoms with Crippen LogP contribution in [0, 0.1) is 0 Å². The van der Waals surface area contributed by atoms with E-state index in [1.807, 2.05) is 13.8 Å². The van der Waals surface area contributed by atoms with Gasteiger partial charge in [-0.05, 0) is 19.8 Å². The van der Waals surface area contributed by atoms with Crippen LogP contribution in [0.5, 0.6) is 0 Å². The highest BCUT2D eigenvalue weighted by Gasteiger charge is 2.14. The van der Waals surface area contributed by atoms with Crippen LogP contribution in [0.2, 0.25) is 0 Å². The van der Waals surface area contributed by atoms with E-state index in [4.69, 9.17) is 5.73 Å². The van der Waals surface area contributed by atoms with Crippen molar-refractivity contribution in [2.45, 2.75) is 39.3 Å². The second-order valence-corrected chi connectivity index (χ2v) is 6.34. The maximum absolute atomic E-state index is 11.8. The second-order valence-electron chi connectivity index (χ2n) is 4.78. The summed E-state index contributed by atoms with van der Waals surface area (Å²) in [7, 11) is -0.878. The van der Waals surface area contributed by atoms with Gasteiger partial charge in [0.2, 0.25) is 0 Å². The van der Waals surface area contributed by atoms with Crippen molar-refractivity contribution < 1.29 is 4.21 Å². The highest BCUT2D eigenvalue weighted by Crippen LogP contribution is 2.12. The standard InChI is InChI=1S/C12H22N4O3S/c1-4-6-16-10(13)9(11(17)15-12(16)18)14-8(2)5-7-20(3)19/h8,14H,4-7,13H2,1-3H3,(H,15,17,18). The zero-order valence-electron chi connectivity index (χ0n) is 12.1. The molecule has 0 saturated heterocycles. The Labute approximate surface area is 120 Å². The number of nitrogens with zero attached hydrogens (tertiary/aromatic N) is 1. The van der Waals surface area contributed by atoms with E-state index >= 15 is 0 Å². The summed E-state index contributed by atoms with van der Waals surface area (Å²) in [5.41, 5.74) is 5.08. The van der Waals surface area contributed by atoms with E-state index in [1.165, 1.54) is 4.57 Å². The summed E-state index contributed by atoms with van der Waals surface area (Å²) < 4.78 is 12.4. The highest BCUT2D eigenvalue weighted by atomic mass is 32.2. The Kier molecular flexibility index (Phi) is 6.00. The molecule has 0 bridgehead atoms. The molecule has 0 amide bonds. The van der Waals surface area contributed by atoms with Crippen molar-refractivity contribution in [3.05, 3.63) is 20.8 Å². The predicted octanol–water partition coefficient (Wildman–Crippen LogP) is 0.0978. The third-order valence-corrected chi connectivity index (χ3v) is 3.73. The van der Waals surface area contributed by atoms with Crippen LogP contribution in [0.1, 0.15) is 26.7 Å². The number of rotatable bonds is 7. The Bertz CT molecular complexity index is 593. The summed E-state index contributed by atoms with van der Waals surface area (Å²) in [5, 5.41) is 3.00. The summed E-state index contributed by atoms with van der Waals surface area (Å²) in [6, 6.07) is -0.0603. The fourth-order valence-corrected chi connectivity index (χ4v) is 2.52. The first kappa shape index (κ1) is 16.5. The number of nitrogen functional groups attached to an aromatic ring is 1. The lowest BCUT2D eigenvalue weighted by Crippen LogP contribution is -2.35. The minimum atomic E-state index is -0.878. The zero-order valence-corrected chi connectivity index (χ0v) is 12.9. The molecule has 2 unspecified atom stereocenters. The van der Waals surface area contributed by atoms with E-state index in [0.29, 0.717) is 18.7 Å². The number of hydrogen-bond donors (Lipinski definition) is 3. The van der Waals surface area contributed by atoms with Crippen LogP contribution in [0.15, 0.2) is 9.59 Å². The molecule has 1 aromatic heterocycles. The van der Waals surface area contributed by atoms with E-state index in [2.05, 4.69) is 10.3 Å². The van der Waals surface area contributed by atoms with Gasteiger partial charge in [-0.2, -0.15) is 0 Å². The molecule has 0 fully saturated rings. The van der Waals surface area contributed by atoms with E-state index in [9.17, 15) is 13.8 Å². The number of aromatic amines is 1. The topological polar surface area (TPSA) is 110 Å². The summed E-state index contributed by atoms with van der Waals surface area (Å²) in [6.45, 7) is 4.24. The third kappa shape index (κ3) is 4.22. The summed E-state index contributed by atoms with van der Waals surface area (Å²) in [6.07, 6.45) is 3.02. The normalized spacial score (nSPS) is 13.9. The maximum atomic E-state index is 11.8. The van der Waals surface area contributed by atoms with E-state index in [1.54, 1.807) is 6.26 Å². The van der Waals surface area contributed by atoms with Gasteiger partial charge >= 0.3 is 5.69 Å². The van der Waals surface area contributed by atoms with Crippen LogP contribution < -0.4 is 22.3 Å². The lowest BCUT2D eigenvalue weighted by atomic mass is 10.2. The Morgan fingerprint density at radius 3 is 2.65 bits per heavy atom. The molecule has 20 heavy (non-hydrogen) atoms. The number of nitrogens with two attached hydrogens (primary N) is 1. The largest absolute Gasteiger partial charge is 0.383 e. The molecule has 0 spiro atoms. The summed E-state index contributed by atoms with van der Waals surface area (Å²) in [4.78, 5) is 25.7. The Balaban J connectivity index is 3.00. The first-order valence-corrected chi connectivity index (χ1v) is 8.28. The average molecular weight is 302 g/mol. The zero-order chi connectivity index (χ0) is 15.3. The van der Waals surface area contributed by atoms with Gasteiger partial charge in [-0.1, -0.05) is 6.92 Å². The second kappa shape index (κ2) is 7.28. The lowest BCUT2D eigenvalue weighted by molar-refractivity contribution is 0.640. The van der Waals surface area contributed by atoms with Gasteiger partial charge in [0.1, 0.15) is 11.5 Å². The van der Waals surface area contributed by atoms with Crippen molar-refractivity contribution in [1.29, 1.82) is 0 Å². The molecule has 1 heterocycles. The molecule has 0 aliphatic rings. The maximum Gasteiger partial charge on any atom is 0.330 e. The van der Waals surface area contributed by atoms with Crippen molar-refractivity contribution in [3.63, 3.8) is 0 Å². The minimum Gasteiger partial charge on any atom is -0.383 e. The van der Waals surface area contributed by atoms with Gasteiger partial charge in [0.05, 0.1) is 0 Å². The van der Waals surface area contributed by atoms with E-state index in [-0.39, 0.29) is 17.5 Å². The molecule has 0 radical (unpaired) electrons.